The molecule has 0 saturated carbocycles. The first-order valence-corrected chi connectivity index (χ1v) is 4.46. The normalized spacial score (nSPS) is 11.9. The molecule has 0 aliphatic carbocycles. The lowest BCUT2D eigenvalue weighted by atomic mass is 10.0. The van der Waals surface area contributed by atoms with Crippen LogP contribution in [0.5, 0.6) is 5.75 Å². The predicted octanol–water partition coefficient (Wildman–Crippen LogP) is 2.65. The summed E-state index contributed by atoms with van der Waals surface area (Å²) in [7, 11) is 1.57. The molecule has 0 aliphatic heterocycles. The van der Waals surface area contributed by atoms with E-state index in [0.29, 0.717) is 12.2 Å². The van der Waals surface area contributed by atoms with Crippen LogP contribution in [0.3, 0.4) is 0 Å². The van der Waals surface area contributed by atoms with Crippen LogP contribution in [-0.4, -0.2) is 7.11 Å². The van der Waals surface area contributed by atoms with Crippen molar-refractivity contribution in [1.82, 2.24) is 0 Å². The molecular weight excluding hydrogens is 179 g/mol. The van der Waals surface area contributed by atoms with Gasteiger partial charge in [-0.25, -0.2) is 4.39 Å². The monoisotopic (exact) mass is 192 g/mol. The van der Waals surface area contributed by atoms with Gasteiger partial charge in [0.1, 0.15) is 11.6 Å². The molecule has 1 nitrogen and oxygen atoms in total. The number of ether oxygens (including phenoxy) is 1. The first-order chi connectivity index (χ1) is 6.67. The number of hydrogen-bond donors (Lipinski definition) is 0. The van der Waals surface area contributed by atoms with Gasteiger partial charge in [-0.15, -0.1) is 12.3 Å². The van der Waals surface area contributed by atoms with Crippen LogP contribution in [0, 0.1) is 24.1 Å². The van der Waals surface area contributed by atoms with Crippen LogP contribution < -0.4 is 4.74 Å². The van der Waals surface area contributed by atoms with E-state index in [2.05, 4.69) is 5.92 Å². The zero-order chi connectivity index (χ0) is 10.6. The van der Waals surface area contributed by atoms with Gasteiger partial charge in [-0.3, -0.25) is 0 Å². The van der Waals surface area contributed by atoms with Crippen LogP contribution in [0.2, 0.25) is 0 Å². The molecule has 1 aromatic rings. The Balaban J connectivity index is 2.94. The van der Waals surface area contributed by atoms with Crippen molar-refractivity contribution in [2.24, 2.45) is 5.92 Å². The highest BCUT2D eigenvalue weighted by Gasteiger charge is 2.07. The molecule has 14 heavy (non-hydrogen) atoms. The highest BCUT2D eigenvalue weighted by Crippen LogP contribution is 2.22. The smallest absolute Gasteiger partial charge is 0.123 e. The van der Waals surface area contributed by atoms with Crippen molar-refractivity contribution in [3.63, 3.8) is 0 Å². The SMILES string of the molecule is C#CC(C)Cc1cc(F)ccc1OC. The third-order valence-electron chi connectivity index (χ3n) is 2.05. The third kappa shape index (κ3) is 2.50. The predicted molar refractivity (Wildman–Crippen MR) is 54.7 cm³/mol. The molecule has 74 valence electrons. The van der Waals surface area contributed by atoms with Crippen molar-refractivity contribution in [1.29, 1.82) is 0 Å². The van der Waals surface area contributed by atoms with Crippen LogP contribution in [0.15, 0.2) is 18.2 Å². The fourth-order valence-corrected chi connectivity index (χ4v) is 1.30. The molecule has 1 rings (SSSR count). The van der Waals surface area contributed by atoms with Crippen LogP contribution in [0.1, 0.15) is 12.5 Å². The van der Waals surface area contributed by atoms with E-state index in [-0.39, 0.29) is 11.7 Å². The van der Waals surface area contributed by atoms with E-state index in [4.69, 9.17) is 11.2 Å². The van der Waals surface area contributed by atoms with Gasteiger partial charge < -0.3 is 4.74 Å². The molecule has 0 amide bonds. The maximum Gasteiger partial charge on any atom is 0.123 e. The summed E-state index contributed by atoms with van der Waals surface area (Å²) in [5.41, 5.74) is 0.818. The van der Waals surface area contributed by atoms with Gasteiger partial charge in [0.25, 0.3) is 0 Å². The van der Waals surface area contributed by atoms with Crippen molar-refractivity contribution in [3.8, 4) is 18.1 Å². The second kappa shape index (κ2) is 4.66. The molecule has 0 N–H and O–H groups in total. The average molecular weight is 192 g/mol. The van der Waals surface area contributed by atoms with E-state index >= 15 is 0 Å². The summed E-state index contributed by atoms with van der Waals surface area (Å²) in [5.74, 6) is 3.12. The van der Waals surface area contributed by atoms with Crippen molar-refractivity contribution in [3.05, 3.63) is 29.6 Å². The molecule has 2 heteroatoms. The molecule has 0 heterocycles. The third-order valence-corrected chi connectivity index (χ3v) is 2.05. The molecule has 1 aromatic carbocycles. The van der Waals surface area contributed by atoms with Gasteiger partial charge in [0.05, 0.1) is 7.11 Å². The highest BCUT2D eigenvalue weighted by atomic mass is 19.1. The number of halogens is 1. The van der Waals surface area contributed by atoms with E-state index in [0.717, 1.165) is 5.56 Å². The first kappa shape index (κ1) is 10.6. The zero-order valence-electron chi connectivity index (χ0n) is 8.38. The van der Waals surface area contributed by atoms with E-state index in [1.165, 1.54) is 12.1 Å². The van der Waals surface area contributed by atoms with Gasteiger partial charge in [-0.1, -0.05) is 6.92 Å². The number of benzene rings is 1. The number of methoxy groups -OCH3 is 1. The van der Waals surface area contributed by atoms with Gasteiger partial charge >= 0.3 is 0 Å². The molecule has 0 spiro atoms. The Morgan fingerprint density at radius 3 is 2.86 bits per heavy atom. The number of hydrogen-bond acceptors (Lipinski definition) is 1. The molecular formula is C12H13FO. The summed E-state index contributed by atoms with van der Waals surface area (Å²) < 4.78 is 18.0. The maximum absolute atomic E-state index is 12.9. The average Bonchev–Trinajstić information content (AvgIpc) is 2.18. The van der Waals surface area contributed by atoms with Gasteiger partial charge in [-0.2, -0.15) is 0 Å². The molecule has 0 bridgehead atoms. The molecule has 1 atom stereocenters. The fraction of sp³-hybridized carbons (Fsp3) is 0.333. The largest absolute Gasteiger partial charge is 0.496 e. The maximum atomic E-state index is 12.9. The second-order valence-electron chi connectivity index (χ2n) is 3.23. The summed E-state index contributed by atoms with van der Waals surface area (Å²) in [6, 6.07) is 4.46. The van der Waals surface area contributed by atoms with Gasteiger partial charge in [0.15, 0.2) is 0 Å². The van der Waals surface area contributed by atoms with Gasteiger partial charge in [-0.05, 0) is 30.2 Å². The van der Waals surface area contributed by atoms with Crippen LogP contribution in [0.25, 0.3) is 0 Å². The molecule has 0 aromatic heterocycles. The minimum absolute atomic E-state index is 0.0886. The molecule has 0 radical (unpaired) electrons. The number of terminal acetylenes is 1. The van der Waals surface area contributed by atoms with E-state index in [9.17, 15) is 4.39 Å². The van der Waals surface area contributed by atoms with Crippen LogP contribution >= 0.6 is 0 Å². The first-order valence-electron chi connectivity index (χ1n) is 4.46. The Labute approximate surface area is 83.9 Å². The van der Waals surface area contributed by atoms with E-state index in [1.807, 2.05) is 6.92 Å². The van der Waals surface area contributed by atoms with E-state index < -0.39 is 0 Å². The lowest BCUT2D eigenvalue weighted by Gasteiger charge is -2.09. The molecule has 0 saturated heterocycles. The summed E-state index contributed by atoms with van der Waals surface area (Å²) in [6.07, 6.45) is 5.90. The fourth-order valence-electron chi connectivity index (χ4n) is 1.30. The Kier molecular flexibility index (Phi) is 3.53. The summed E-state index contributed by atoms with van der Waals surface area (Å²) in [5, 5.41) is 0. The van der Waals surface area contributed by atoms with Gasteiger partial charge in [0.2, 0.25) is 0 Å². The zero-order valence-corrected chi connectivity index (χ0v) is 8.38. The lowest BCUT2D eigenvalue weighted by Crippen LogP contribution is -1.99. The van der Waals surface area contributed by atoms with Crippen molar-refractivity contribution in [2.45, 2.75) is 13.3 Å². The van der Waals surface area contributed by atoms with Crippen molar-refractivity contribution >= 4 is 0 Å². The van der Waals surface area contributed by atoms with E-state index in [1.54, 1.807) is 13.2 Å². The standard InChI is InChI=1S/C12H13FO/c1-4-9(2)7-10-8-11(13)5-6-12(10)14-3/h1,5-6,8-9H,7H2,2-3H3. The highest BCUT2D eigenvalue weighted by molar-refractivity contribution is 5.34. The van der Waals surface area contributed by atoms with Gasteiger partial charge in [0, 0.05) is 5.92 Å². The topological polar surface area (TPSA) is 9.23 Å². The molecule has 0 fully saturated rings. The van der Waals surface area contributed by atoms with Crippen LogP contribution in [0.4, 0.5) is 4.39 Å². The minimum Gasteiger partial charge on any atom is -0.496 e. The molecule has 0 aliphatic rings. The van der Waals surface area contributed by atoms with Crippen molar-refractivity contribution < 1.29 is 9.13 Å². The Bertz CT molecular complexity index is 352. The Morgan fingerprint density at radius 1 is 1.57 bits per heavy atom. The van der Waals surface area contributed by atoms with Crippen molar-refractivity contribution in [2.75, 3.05) is 7.11 Å². The molecule has 1 unspecified atom stereocenters. The van der Waals surface area contributed by atoms with Crippen LogP contribution in [-0.2, 0) is 6.42 Å². The Morgan fingerprint density at radius 2 is 2.29 bits per heavy atom. The summed E-state index contributed by atoms with van der Waals surface area (Å²) in [6.45, 7) is 1.92. The number of rotatable bonds is 3. The second-order valence-corrected chi connectivity index (χ2v) is 3.23. The summed E-state index contributed by atoms with van der Waals surface area (Å²) >= 11 is 0. The minimum atomic E-state index is -0.259. The summed E-state index contributed by atoms with van der Waals surface area (Å²) in [4.78, 5) is 0. The Hall–Kier alpha value is -1.49. The quantitative estimate of drug-likeness (QED) is 0.669. The lowest BCUT2D eigenvalue weighted by molar-refractivity contribution is 0.406.